The van der Waals surface area contributed by atoms with Gasteiger partial charge in [-0.25, -0.2) is 0 Å². The molecular formula is C55H104NO7P. The van der Waals surface area contributed by atoms with Crippen LogP contribution in [-0.2, 0) is 27.9 Å². The molecule has 0 N–H and O–H groups in total. The fraction of sp³-hybridized carbons (Fsp3) is 0.836. The zero-order valence-electron chi connectivity index (χ0n) is 42.7. The molecule has 376 valence electrons. The standard InChI is InChI=1S/C55H104NO7P/c1-6-8-10-12-14-16-18-20-22-24-25-26-27-28-29-30-31-32-33-35-37-39-41-43-45-47-50-60-52-54(53-62-64(58,59)61-51-49-56(3,4)5)63-55(57)48-46-44-42-40-38-36-34-23-21-19-17-15-13-11-9-7-2/h17-20,23-25,34,54H,6-16,21-22,26-33,35-53H2,1-5H3/b19-17-,20-18-,25-24-,34-23-. The molecule has 0 saturated carbocycles. The van der Waals surface area contributed by atoms with E-state index in [0.29, 0.717) is 24.1 Å². The van der Waals surface area contributed by atoms with E-state index in [1.807, 2.05) is 21.1 Å². The summed E-state index contributed by atoms with van der Waals surface area (Å²) in [4.78, 5) is 25.2. The van der Waals surface area contributed by atoms with Crippen molar-refractivity contribution in [1.29, 1.82) is 0 Å². The van der Waals surface area contributed by atoms with Gasteiger partial charge in [-0.1, -0.05) is 204 Å². The van der Waals surface area contributed by atoms with Gasteiger partial charge < -0.3 is 27.9 Å². The Kier molecular flexibility index (Phi) is 46.8. The number of hydrogen-bond acceptors (Lipinski definition) is 7. The van der Waals surface area contributed by atoms with Gasteiger partial charge in [-0.2, -0.15) is 0 Å². The molecule has 9 heteroatoms. The van der Waals surface area contributed by atoms with Gasteiger partial charge in [-0.05, 0) is 77.0 Å². The van der Waals surface area contributed by atoms with Crippen molar-refractivity contribution in [3.05, 3.63) is 48.6 Å². The van der Waals surface area contributed by atoms with Gasteiger partial charge in [0.15, 0.2) is 0 Å². The van der Waals surface area contributed by atoms with E-state index in [1.165, 1.54) is 154 Å². The third kappa shape index (κ3) is 51.4. The Morgan fingerprint density at radius 3 is 1.28 bits per heavy atom. The summed E-state index contributed by atoms with van der Waals surface area (Å²) in [5, 5.41) is 0. The Morgan fingerprint density at radius 1 is 0.484 bits per heavy atom. The molecule has 0 spiro atoms. The van der Waals surface area contributed by atoms with Crippen LogP contribution in [0.5, 0.6) is 0 Å². The fourth-order valence-corrected chi connectivity index (χ4v) is 8.16. The van der Waals surface area contributed by atoms with Crippen LogP contribution in [0, 0.1) is 0 Å². The number of carbonyl (C=O) groups is 1. The second kappa shape index (κ2) is 47.9. The number of unbranched alkanes of at least 4 members (excludes halogenated alkanes) is 28. The lowest BCUT2D eigenvalue weighted by Crippen LogP contribution is -2.37. The fourth-order valence-electron chi connectivity index (χ4n) is 7.43. The third-order valence-corrected chi connectivity index (χ3v) is 12.6. The molecule has 0 aliphatic heterocycles. The van der Waals surface area contributed by atoms with Gasteiger partial charge in [0.2, 0.25) is 0 Å². The number of nitrogens with zero attached hydrogens (tertiary/aromatic N) is 1. The summed E-state index contributed by atoms with van der Waals surface area (Å²) >= 11 is 0. The maximum absolute atomic E-state index is 12.7. The Bertz CT molecular complexity index is 1160. The highest BCUT2D eigenvalue weighted by atomic mass is 31.2. The monoisotopic (exact) mass is 922 g/mol. The lowest BCUT2D eigenvalue weighted by molar-refractivity contribution is -0.870. The van der Waals surface area contributed by atoms with Crippen LogP contribution in [0.25, 0.3) is 0 Å². The largest absolute Gasteiger partial charge is 0.756 e. The van der Waals surface area contributed by atoms with Crippen molar-refractivity contribution in [2.75, 3.05) is 54.1 Å². The summed E-state index contributed by atoms with van der Waals surface area (Å²) in [5.74, 6) is -0.346. The van der Waals surface area contributed by atoms with E-state index in [1.54, 1.807) is 0 Å². The average Bonchev–Trinajstić information content (AvgIpc) is 3.25. The molecule has 64 heavy (non-hydrogen) atoms. The van der Waals surface area contributed by atoms with Crippen molar-refractivity contribution in [2.45, 2.75) is 245 Å². The number of esters is 1. The first kappa shape index (κ1) is 62.5. The van der Waals surface area contributed by atoms with Gasteiger partial charge in [0.25, 0.3) is 7.82 Å². The van der Waals surface area contributed by atoms with E-state index >= 15 is 0 Å². The van der Waals surface area contributed by atoms with Crippen LogP contribution < -0.4 is 4.89 Å². The molecule has 0 heterocycles. The van der Waals surface area contributed by atoms with Crippen LogP contribution in [0.1, 0.15) is 239 Å². The first-order valence-corrected chi connectivity index (χ1v) is 28.3. The van der Waals surface area contributed by atoms with Gasteiger partial charge in [0, 0.05) is 13.0 Å². The quantitative estimate of drug-likeness (QED) is 0.0197. The minimum absolute atomic E-state index is 0.0228. The topological polar surface area (TPSA) is 94.1 Å². The Morgan fingerprint density at radius 2 is 0.859 bits per heavy atom. The van der Waals surface area contributed by atoms with E-state index in [-0.39, 0.29) is 25.8 Å². The van der Waals surface area contributed by atoms with Crippen molar-refractivity contribution in [2.24, 2.45) is 0 Å². The van der Waals surface area contributed by atoms with Gasteiger partial charge >= 0.3 is 5.97 Å². The van der Waals surface area contributed by atoms with Gasteiger partial charge in [0.1, 0.15) is 19.3 Å². The zero-order valence-corrected chi connectivity index (χ0v) is 43.6. The summed E-state index contributed by atoms with van der Waals surface area (Å²) in [7, 11) is 1.35. The number of ether oxygens (including phenoxy) is 2. The highest BCUT2D eigenvalue weighted by Crippen LogP contribution is 2.38. The van der Waals surface area contributed by atoms with Crippen LogP contribution >= 0.6 is 7.82 Å². The first-order chi connectivity index (χ1) is 31.1. The Hall–Kier alpha value is -1.54. The second-order valence-electron chi connectivity index (χ2n) is 19.2. The predicted molar refractivity (Wildman–Crippen MR) is 273 cm³/mol. The van der Waals surface area contributed by atoms with Crippen LogP contribution in [0.15, 0.2) is 48.6 Å². The Balaban J connectivity index is 4.07. The zero-order chi connectivity index (χ0) is 46.9. The number of allylic oxidation sites excluding steroid dienone is 8. The van der Waals surface area contributed by atoms with Crippen molar-refractivity contribution in [3.8, 4) is 0 Å². The van der Waals surface area contributed by atoms with Gasteiger partial charge in [-0.3, -0.25) is 9.36 Å². The minimum atomic E-state index is -4.54. The molecule has 0 aliphatic rings. The van der Waals surface area contributed by atoms with Crippen LogP contribution in [0.2, 0.25) is 0 Å². The van der Waals surface area contributed by atoms with Crippen molar-refractivity contribution < 1.29 is 37.3 Å². The molecule has 0 aromatic heterocycles. The van der Waals surface area contributed by atoms with Crippen molar-refractivity contribution in [3.63, 3.8) is 0 Å². The highest BCUT2D eigenvalue weighted by molar-refractivity contribution is 7.45. The van der Waals surface area contributed by atoms with E-state index in [0.717, 1.165) is 64.2 Å². The maximum Gasteiger partial charge on any atom is 0.306 e. The molecule has 0 amide bonds. The lowest BCUT2D eigenvalue weighted by Gasteiger charge is -2.28. The maximum atomic E-state index is 12.7. The molecule has 0 rings (SSSR count). The summed E-state index contributed by atoms with van der Waals surface area (Å²) in [5.41, 5.74) is 0. The predicted octanol–water partition coefficient (Wildman–Crippen LogP) is 16.0. The number of likely N-dealkylation sites (N-methyl/N-ethyl adjacent to an activating group) is 1. The molecule has 8 nitrogen and oxygen atoms in total. The lowest BCUT2D eigenvalue weighted by atomic mass is 10.0. The SMILES string of the molecule is CCCCCC/C=C\C/C=C\CCCCCCCC(=O)OC(COCCCCCCCCCCCCCCCC/C=C\C/C=C\CCCCCCC)COP(=O)([O-])OCC[N+](C)(C)C. The van der Waals surface area contributed by atoms with E-state index in [2.05, 4.69) is 62.5 Å². The molecule has 2 unspecified atom stereocenters. The summed E-state index contributed by atoms with van der Waals surface area (Å²) < 4.78 is 34.8. The smallest absolute Gasteiger partial charge is 0.306 e. The Labute approximate surface area is 397 Å². The molecule has 0 bridgehead atoms. The van der Waals surface area contributed by atoms with E-state index in [4.69, 9.17) is 18.5 Å². The summed E-state index contributed by atoms with van der Waals surface area (Å²) in [6.45, 7) is 5.39. The van der Waals surface area contributed by atoms with Crippen LogP contribution in [0.3, 0.4) is 0 Å². The summed E-state index contributed by atoms with van der Waals surface area (Å²) in [6.07, 6.45) is 60.0. The number of rotatable bonds is 50. The van der Waals surface area contributed by atoms with Crippen LogP contribution in [-0.4, -0.2) is 70.7 Å². The van der Waals surface area contributed by atoms with E-state index in [9.17, 15) is 14.3 Å². The van der Waals surface area contributed by atoms with Gasteiger partial charge in [-0.15, -0.1) is 0 Å². The van der Waals surface area contributed by atoms with Crippen molar-refractivity contribution >= 4 is 13.8 Å². The second-order valence-corrected chi connectivity index (χ2v) is 20.6. The first-order valence-electron chi connectivity index (χ1n) is 26.9. The molecule has 0 aliphatic carbocycles. The molecule has 2 atom stereocenters. The molecule has 0 fully saturated rings. The molecule has 0 radical (unpaired) electrons. The van der Waals surface area contributed by atoms with Crippen molar-refractivity contribution in [1.82, 2.24) is 0 Å². The summed E-state index contributed by atoms with van der Waals surface area (Å²) in [6, 6.07) is 0. The molecular weight excluding hydrogens is 818 g/mol. The molecule has 0 aromatic carbocycles. The minimum Gasteiger partial charge on any atom is -0.756 e. The third-order valence-electron chi connectivity index (χ3n) is 11.6. The number of quaternary nitrogens is 1. The number of hydrogen-bond donors (Lipinski definition) is 0. The number of carbonyl (C=O) groups excluding carboxylic acids is 1. The average molecular weight is 922 g/mol. The molecule has 0 saturated heterocycles. The van der Waals surface area contributed by atoms with Crippen LogP contribution in [0.4, 0.5) is 0 Å². The van der Waals surface area contributed by atoms with Gasteiger partial charge in [0.05, 0.1) is 34.4 Å². The van der Waals surface area contributed by atoms with E-state index < -0.39 is 13.9 Å². The number of phosphoric ester groups is 1. The number of phosphoric acid groups is 1. The normalized spacial score (nSPS) is 13.9. The highest BCUT2D eigenvalue weighted by Gasteiger charge is 2.20. The molecule has 0 aromatic rings.